The summed E-state index contributed by atoms with van der Waals surface area (Å²) in [7, 11) is 3.88. The minimum Gasteiger partial charge on any atom is -0.618 e. The minimum absolute atomic E-state index is 0.0387. The van der Waals surface area contributed by atoms with Crippen LogP contribution in [0.2, 0.25) is 5.02 Å². The Balaban J connectivity index is 1.54. The van der Waals surface area contributed by atoms with Gasteiger partial charge in [0, 0.05) is 37.0 Å². The molecule has 1 saturated carbocycles. The van der Waals surface area contributed by atoms with E-state index in [1.807, 2.05) is 19.0 Å². The third-order valence-electron chi connectivity index (χ3n) is 7.19. The molecule has 2 heterocycles. The molecule has 0 bridgehead atoms. The lowest BCUT2D eigenvalue weighted by Crippen LogP contribution is -2.49. The van der Waals surface area contributed by atoms with E-state index in [0.717, 1.165) is 32.1 Å². The van der Waals surface area contributed by atoms with Crippen LogP contribution in [0.4, 0.5) is 10.1 Å². The molecule has 0 radical (unpaired) electrons. The smallest absolute Gasteiger partial charge is 0.270 e. The molecule has 11 heteroatoms. The topological polar surface area (TPSA) is 106 Å². The number of carbonyl (C=O) groups excluding carboxylic acids is 2. The molecule has 1 atom stereocenters. The molecule has 1 fully saturated rings. The van der Waals surface area contributed by atoms with Crippen molar-refractivity contribution in [1.29, 1.82) is 0 Å². The SMILES string of the molecule is Cc1c(-c2ccc(NC(=O)[C@@H](NC(=O)c3ccnn3CCN(C)C)C3CCCCC3)cc2F)c(Cl)cc[n+]1[O-]. The average molecular weight is 557 g/mol. The van der Waals surface area contributed by atoms with Crippen LogP contribution < -0.4 is 15.4 Å². The lowest BCUT2D eigenvalue weighted by atomic mass is 9.83. The lowest BCUT2D eigenvalue weighted by Gasteiger charge is -2.30. The van der Waals surface area contributed by atoms with Gasteiger partial charge in [0.1, 0.15) is 17.6 Å². The number of hydrogen-bond acceptors (Lipinski definition) is 5. The second-order valence-electron chi connectivity index (χ2n) is 10.2. The Morgan fingerprint density at radius 1 is 1.23 bits per heavy atom. The van der Waals surface area contributed by atoms with Crippen LogP contribution in [-0.4, -0.2) is 53.2 Å². The number of halogens is 2. The van der Waals surface area contributed by atoms with Crippen molar-refractivity contribution in [3.63, 3.8) is 0 Å². The van der Waals surface area contributed by atoms with E-state index in [-0.39, 0.29) is 33.8 Å². The Morgan fingerprint density at radius 2 is 1.97 bits per heavy atom. The summed E-state index contributed by atoms with van der Waals surface area (Å²) < 4.78 is 17.5. The molecule has 2 N–H and O–H groups in total. The normalized spacial score (nSPS) is 14.8. The van der Waals surface area contributed by atoms with Gasteiger partial charge >= 0.3 is 0 Å². The van der Waals surface area contributed by atoms with Crippen molar-refractivity contribution < 1.29 is 18.7 Å². The number of benzene rings is 1. The van der Waals surface area contributed by atoms with Crippen molar-refractivity contribution in [1.82, 2.24) is 20.0 Å². The van der Waals surface area contributed by atoms with Crippen molar-refractivity contribution >= 4 is 29.1 Å². The van der Waals surface area contributed by atoms with Crippen LogP contribution in [0.5, 0.6) is 0 Å². The van der Waals surface area contributed by atoms with Crippen LogP contribution in [0.25, 0.3) is 11.1 Å². The van der Waals surface area contributed by atoms with Crippen molar-refractivity contribution in [3.05, 3.63) is 70.2 Å². The second kappa shape index (κ2) is 12.6. The molecule has 1 aliphatic carbocycles. The number of hydrogen-bond donors (Lipinski definition) is 2. The van der Waals surface area contributed by atoms with E-state index in [2.05, 4.69) is 15.7 Å². The first-order chi connectivity index (χ1) is 18.7. The summed E-state index contributed by atoms with van der Waals surface area (Å²) in [5, 5.41) is 22.2. The molecule has 208 valence electrons. The fourth-order valence-electron chi connectivity index (χ4n) is 5.03. The zero-order chi connectivity index (χ0) is 28.1. The summed E-state index contributed by atoms with van der Waals surface area (Å²) >= 11 is 6.26. The third-order valence-corrected chi connectivity index (χ3v) is 7.51. The average Bonchev–Trinajstić information content (AvgIpc) is 3.39. The number of rotatable bonds is 9. The van der Waals surface area contributed by atoms with Gasteiger partial charge in [-0.1, -0.05) is 30.9 Å². The molecule has 1 aromatic carbocycles. The third kappa shape index (κ3) is 6.75. The van der Waals surface area contributed by atoms with E-state index in [1.165, 1.54) is 24.4 Å². The maximum Gasteiger partial charge on any atom is 0.270 e. The maximum atomic E-state index is 15.2. The molecule has 9 nitrogen and oxygen atoms in total. The zero-order valence-corrected chi connectivity index (χ0v) is 23.2. The largest absolute Gasteiger partial charge is 0.618 e. The standard InChI is InChI=1S/C28H34ClFN6O3/c1-18-25(22(29)12-14-36(18)39)21-10-9-20(17-23(21)30)32-28(38)26(19-7-5-4-6-8-19)33-27(37)24-11-13-31-35(24)16-15-34(2)3/h9-14,17,19,26H,4-8,15-16H2,1-3H3,(H,32,38)(H,33,37)/t26-/m0/s1. The Kier molecular flexibility index (Phi) is 9.19. The van der Waals surface area contributed by atoms with E-state index in [4.69, 9.17) is 11.6 Å². The first-order valence-electron chi connectivity index (χ1n) is 13.1. The number of aromatic nitrogens is 3. The summed E-state index contributed by atoms with van der Waals surface area (Å²) in [4.78, 5) is 28.8. The molecule has 0 saturated heterocycles. The summed E-state index contributed by atoms with van der Waals surface area (Å²) in [6.07, 6.45) is 7.51. The van der Waals surface area contributed by atoms with Gasteiger partial charge in [0.2, 0.25) is 5.91 Å². The monoisotopic (exact) mass is 556 g/mol. The first kappa shape index (κ1) is 28.5. The van der Waals surface area contributed by atoms with E-state index < -0.39 is 17.8 Å². The molecule has 4 rings (SSSR count). The van der Waals surface area contributed by atoms with Gasteiger partial charge in [-0.05, 0) is 57.1 Å². The number of anilines is 1. The summed E-state index contributed by atoms with van der Waals surface area (Å²) in [6, 6.07) is 6.50. The fourth-order valence-corrected chi connectivity index (χ4v) is 5.32. The van der Waals surface area contributed by atoms with Gasteiger partial charge in [-0.25, -0.2) is 4.39 Å². The highest BCUT2D eigenvalue weighted by Crippen LogP contribution is 2.33. The van der Waals surface area contributed by atoms with Crippen LogP contribution in [0, 0.1) is 23.9 Å². The van der Waals surface area contributed by atoms with Gasteiger partial charge in [-0.2, -0.15) is 9.83 Å². The quantitative estimate of drug-likeness (QED) is 0.304. The van der Waals surface area contributed by atoms with Crippen LogP contribution in [0.3, 0.4) is 0 Å². The Morgan fingerprint density at radius 3 is 2.67 bits per heavy atom. The molecule has 3 aromatic rings. The van der Waals surface area contributed by atoms with Crippen molar-refractivity contribution in [2.24, 2.45) is 5.92 Å². The van der Waals surface area contributed by atoms with Crippen LogP contribution in [-0.2, 0) is 11.3 Å². The zero-order valence-electron chi connectivity index (χ0n) is 22.4. The molecule has 39 heavy (non-hydrogen) atoms. The molecule has 2 aromatic heterocycles. The number of carbonyl (C=O) groups is 2. The van der Waals surface area contributed by atoms with Crippen molar-refractivity contribution in [2.45, 2.75) is 51.6 Å². The van der Waals surface area contributed by atoms with Gasteiger partial charge in [0.25, 0.3) is 5.91 Å². The van der Waals surface area contributed by atoms with Gasteiger partial charge in [0.05, 0.1) is 17.1 Å². The maximum absolute atomic E-state index is 15.2. The van der Waals surface area contributed by atoms with Crippen molar-refractivity contribution in [2.75, 3.05) is 26.0 Å². The van der Waals surface area contributed by atoms with Gasteiger partial charge in [0.15, 0.2) is 11.9 Å². The van der Waals surface area contributed by atoms with Crippen LogP contribution in [0.1, 0.15) is 48.3 Å². The molecule has 0 spiro atoms. The highest BCUT2D eigenvalue weighted by atomic mass is 35.5. The molecule has 0 aliphatic heterocycles. The van der Waals surface area contributed by atoms with E-state index in [9.17, 15) is 14.8 Å². The first-order valence-corrected chi connectivity index (χ1v) is 13.5. The molecule has 1 aliphatic rings. The minimum atomic E-state index is -0.789. The summed E-state index contributed by atoms with van der Waals surface area (Å²) in [6.45, 7) is 2.80. The Bertz CT molecular complexity index is 1340. The highest BCUT2D eigenvalue weighted by molar-refractivity contribution is 6.33. The van der Waals surface area contributed by atoms with Crippen LogP contribution in [0.15, 0.2) is 42.7 Å². The number of nitrogens with zero attached hydrogens (tertiary/aromatic N) is 4. The Labute approximate surface area is 232 Å². The number of amides is 2. The van der Waals surface area contributed by atoms with E-state index >= 15 is 4.39 Å². The fraction of sp³-hybridized carbons (Fsp3) is 0.429. The van der Waals surface area contributed by atoms with Gasteiger partial charge < -0.3 is 20.7 Å². The predicted molar refractivity (Wildman–Crippen MR) is 148 cm³/mol. The molecular formula is C28H34ClFN6O3. The van der Waals surface area contributed by atoms with Gasteiger partial charge in [-0.15, -0.1) is 0 Å². The van der Waals surface area contributed by atoms with E-state index in [1.54, 1.807) is 29.9 Å². The predicted octanol–water partition coefficient (Wildman–Crippen LogP) is 4.16. The lowest BCUT2D eigenvalue weighted by molar-refractivity contribution is -0.611. The highest BCUT2D eigenvalue weighted by Gasteiger charge is 2.32. The number of likely N-dealkylation sites (N-methyl/N-ethyl adjacent to an activating group) is 1. The number of pyridine rings is 1. The summed E-state index contributed by atoms with van der Waals surface area (Å²) in [5.41, 5.74) is 1.34. The van der Waals surface area contributed by atoms with E-state index in [0.29, 0.717) is 29.1 Å². The molecular weight excluding hydrogens is 523 g/mol. The van der Waals surface area contributed by atoms with Gasteiger partial charge in [-0.3, -0.25) is 14.3 Å². The summed E-state index contributed by atoms with van der Waals surface area (Å²) in [5.74, 6) is -1.46. The molecule has 2 amide bonds. The second-order valence-corrected chi connectivity index (χ2v) is 10.6. The van der Waals surface area contributed by atoms with Crippen LogP contribution >= 0.6 is 11.6 Å². The Hall–Kier alpha value is -3.50. The molecule has 0 unspecified atom stereocenters. The number of nitrogens with one attached hydrogen (secondary N) is 2. The van der Waals surface area contributed by atoms with Crippen molar-refractivity contribution in [3.8, 4) is 11.1 Å².